The third kappa shape index (κ3) is 6.68. The van der Waals surface area contributed by atoms with Crippen LogP contribution in [0, 0.1) is 6.92 Å². The highest BCUT2D eigenvalue weighted by molar-refractivity contribution is 5.96. The zero-order valence-electron chi connectivity index (χ0n) is 25.2. The fraction of sp³-hybridized carbons (Fsp3) is 0.548. The van der Waals surface area contributed by atoms with E-state index >= 15 is 0 Å². The van der Waals surface area contributed by atoms with Crippen molar-refractivity contribution >= 4 is 34.8 Å². The fourth-order valence-corrected chi connectivity index (χ4v) is 6.38. The number of hydrogen-bond acceptors (Lipinski definition) is 9. The number of hydrogen-bond donors (Lipinski definition) is 3. The van der Waals surface area contributed by atoms with Crippen molar-refractivity contribution in [3.05, 3.63) is 47.8 Å². The molecule has 3 aliphatic rings. The van der Waals surface area contributed by atoms with Gasteiger partial charge in [-0.05, 0) is 69.5 Å². The molecule has 4 N–H and O–H groups in total. The van der Waals surface area contributed by atoms with E-state index in [1.165, 1.54) is 37.7 Å². The number of nitrogens with zero attached hydrogens (tertiary/aromatic N) is 6. The molecule has 4 heterocycles. The molecule has 11 nitrogen and oxygen atoms in total. The smallest absolute Gasteiger partial charge is 0.271 e. The Hall–Kier alpha value is -3.70. The van der Waals surface area contributed by atoms with Gasteiger partial charge in [-0.2, -0.15) is 0 Å². The summed E-state index contributed by atoms with van der Waals surface area (Å²) in [6.07, 6.45) is 5.07. The van der Waals surface area contributed by atoms with Gasteiger partial charge in [0.25, 0.3) is 5.91 Å². The molecule has 226 valence electrons. The normalized spacial score (nSPS) is 20.5. The number of primary amides is 1. The molecule has 0 aliphatic carbocycles. The molecule has 0 radical (unpaired) electrons. The van der Waals surface area contributed by atoms with Gasteiger partial charge in [0.2, 0.25) is 5.91 Å². The number of carbonyl (C=O) groups is 2. The van der Waals surface area contributed by atoms with E-state index in [0.717, 1.165) is 43.9 Å². The molecule has 0 spiro atoms. The summed E-state index contributed by atoms with van der Waals surface area (Å²) in [5.74, 6) is 0.205. The second-order valence-electron chi connectivity index (χ2n) is 11.7. The Balaban J connectivity index is 1.28. The summed E-state index contributed by atoms with van der Waals surface area (Å²) in [7, 11) is 2.21. The molecule has 0 unspecified atom stereocenters. The van der Waals surface area contributed by atoms with Gasteiger partial charge in [0.1, 0.15) is 0 Å². The molecular formula is C31H45N9O2. The van der Waals surface area contributed by atoms with Gasteiger partial charge in [0.05, 0.1) is 5.69 Å². The van der Waals surface area contributed by atoms with Gasteiger partial charge in [0.15, 0.2) is 17.3 Å². The summed E-state index contributed by atoms with van der Waals surface area (Å²) in [6.45, 7) is 15.6. The zero-order chi connectivity index (χ0) is 29.8. The number of piperidine rings is 1. The van der Waals surface area contributed by atoms with Crippen LogP contribution < -0.4 is 21.3 Å². The van der Waals surface area contributed by atoms with Crippen molar-refractivity contribution in [1.82, 2.24) is 24.7 Å². The molecule has 1 atom stereocenters. The number of piperazine rings is 1. The van der Waals surface area contributed by atoms with Crippen LogP contribution in [-0.4, -0.2) is 108 Å². The quantitative estimate of drug-likeness (QED) is 0.387. The highest BCUT2D eigenvalue weighted by Crippen LogP contribution is 2.30. The number of amides is 2. The maximum atomic E-state index is 12.4. The first kappa shape index (κ1) is 29.8. The van der Waals surface area contributed by atoms with E-state index < -0.39 is 5.91 Å². The number of aryl methyl sites for hydroxylation is 2. The standard InChI is InChI=1S/C31H45N9O2/c1-5-25-30(34-23-9-12-40(20-23)27(41)6-2)36-31(28(35-25)29(32)42)33-22-7-8-26(21(3)19-22)39-13-10-24(11-14-39)38-17-15-37(4)16-18-38/h6-8,19,23-24H,2,5,9-18,20H2,1,3-4H3,(H2,32,42)(H2,33,34,36)/t23-/m1/s1. The molecule has 42 heavy (non-hydrogen) atoms. The van der Waals surface area contributed by atoms with Crippen molar-refractivity contribution in [2.24, 2.45) is 5.73 Å². The monoisotopic (exact) mass is 575 g/mol. The first-order valence-electron chi connectivity index (χ1n) is 15.2. The van der Waals surface area contributed by atoms with Crippen molar-refractivity contribution in [2.45, 2.75) is 51.6 Å². The Morgan fingerprint density at radius 3 is 2.43 bits per heavy atom. The van der Waals surface area contributed by atoms with E-state index in [0.29, 0.717) is 42.9 Å². The molecular weight excluding hydrogens is 530 g/mol. The van der Waals surface area contributed by atoms with E-state index in [-0.39, 0.29) is 17.6 Å². The highest BCUT2D eigenvalue weighted by Gasteiger charge is 2.28. The van der Waals surface area contributed by atoms with Crippen molar-refractivity contribution in [1.29, 1.82) is 0 Å². The van der Waals surface area contributed by atoms with E-state index in [1.807, 2.05) is 13.0 Å². The average molecular weight is 576 g/mol. The minimum absolute atomic E-state index is 0.0303. The number of rotatable bonds is 9. The van der Waals surface area contributed by atoms with Gasteiger partial charge in [-0.15, -0.1) is 0 Å². The maximum absolute atomic E-state index is 12.4. The summed E-state index contributed by atoms with van der Waals surface area (Å²) in [4.78, 5) is 43.1. The van der Waals surface area contributed by atoms with Crippen LogP contribution in [-0.2, 0) is 11.2 Å². The Kier molecular flexibility index (Phi) is 9.27. The van der Waals surface area contributed by atoms with Crippen LogP contribution in [0.1, 0.15) is 47.9 Å². The van der Waals surface area contributed by atoms with Crippen molar-refractivity contribution in [3.63, 3.8) is 0 Å². The number of aromatic nitrogens is 2. The molecule has 3 fully saturated rings. The Bertz CT molecular complexity index is 1300. The fourth-order valence-electron chi connectivity index (χ4n) is 6.38. The molecule has 3 saturated heterocycles. The lowest BCUT2D eigenvalue weighted by Crippen LogP contribution is -2.52. The minimum Gasteiger partial charge on any atom is -0.371 e. The first-order chi connectivity index (χ1) is 20.2. The molecule has 0 bridgehead atoms. The first-order valence-corrected chi connectivity index (χ1v) is 15.2. The molecule has 11 heteroatoms. The lowest BCUT2D eigenvalue weighted by molar-refractivity contribution is -0.125. The third-order valence-electron chi connectivity index (χ3n) is 8.87. The molecule has 1 aromatic carbocycles. The van der Waals surface area contributed by atoms with Gasteiger partial charge < -0.3 is 31.1 Å². The van der Waals surface area contributed by atoms with Crippen LogP contribution in [0.2, 0.25) is 0 Å². The Labute approximate surface area is 249 Å². The highest BCUT2D eigenvalue weighted by atomic mass is 16.2. The van der Waals surface area contributed by atoms with Crippen LogP contribution in [0.25, 0.3) is 0 Å². The van der Waals surface area contributed by atoms with E-state index in [2.05, 4.69) is 63.0 Å². The van der Waals surface area contributed by atoms with Crippen LogP contribution in [0.4, 0.5) is 23.0 Å². The van der Waals surface area contributed by atoms with Crippen LogP contribution in [0.15, 0.2) is 30.9 Å². The number of likely N-dealkylation sites (N-methyl/N-ethyl adjacent to an activating group) is 1. The topological polar surface area (TPSA) is 123 Å². The van der Waals surface area contributed by atoms with Crippen LogP contribution in [0.5, 0.6) is 0 Å². The average Bonchev–Trinajstić information content (AvgIpc) is 3.46. The van der Waals surface area contributed by atoms with E-state index in [4.69, 9.17) is 10.7 Å². The zero-order valence-corrected chi connectivity index (χ0v) is 25.2. The largest absolute Gasteiger partial charge is 0.371 e. The third-order valence-corrected chi connectivity index (χ3v) is 8.87. The second-order valence-corrected chi connectivity index (χ2v) is 11.7. The van der Waals surface area contributed by atoms with Crippen LogP contribution in [0.3, 0.4) is 0 Å². The SMILES string of the molecule is C=CC(=O)N1CC[C@@H](Nc2nc(Nc3ccc(N4CCC(N5CCN(C)CC5)CC4)c(C)c3)c(C(N)=O)nc2CC)C1. The number of likely N-dealkylation sites (tertiary alicyclic amines) is 1. The van der Waals surface area contributed by atoms with Crippen molar-refractivity contribution in [2.75, 3.05) is 74.9 Å². The number of nitrogens with two attached hydrogens (primary N) is 1. The lowest BCUT2D eigenvalue weighted by atomic mass is 10.0. The number of benzene rings is 1. The number of nitrogens with one attached hydrogen (secondary N) is 2. The molecule has 3 aliphatic heterocycles. The van der Waals surface area contributed by atoms with Gasteiger partial charge in [-0.3, -0.25) is 14.5 Å². The van der Waals surface area contributed by atoms with Crippen molar-refractivity contribution in [3.8, 4) is 0 Å². The number of carbonyl (C=O) groups excluding carboxylic acids is 2. The summed E-state index contributed by atoms with van der Waals surface area (Å²) in [5, 5.41) is 6.76. The predicted octanol–water partition coefficient (Wildman–Crippen LogP) is 2.60. The van der Waals surface area contributed by atoms with Crippen molar-refractivity contribution < 1.29 is 9.59 Å². The maximum Gasteiger partial charge on any atom is 0.271 e. The lowest BCUT2D eigenvalue weighted by Gasteiger charge is -2.43. The number of anilines is 4. The molecule has 0 saturated carbocycles. The van der Waals surface area contributed by atoms with Gasteiger partial charge in [-0.25, -0.2) is 9.97 Å². The van der Waals surface area contributed by atoms with E-state index in [9.17, 15) is 9.59 Å². The van der Waals surface area contributed by atoms with Gasteiger partial charge in [0, 0.05) is 75.8 Å². The molecule has 2 aromatic rings. The molecule has 1 aromatic heterocycles. The predicted molar refractivity (Wildman–Crippen MR) is 167 cm³/mol. The van der Waals surface area contributed by atoms with E-state index in [1.54, 1.807) is 4.90 Å². The summed E-state index contributed by atoms with van der Waals surface area (Å²) < 4.78 is 0. The summed E-state index contributed by atoms with van der Waals surface area (Å²) in [5.41, 5.74) is 9.72. The molecule has 5 rings (SSSR count). The van der Waals surface area contributed by atoms with Gasteiger partial charge in [-0.1, -0.05) is 13.5 Å². The van der Waals surface area contributed by atoms with Crippen LogP contribution >= 0.6 is 0 Å². The minimum atomic E-state index is -0.633. The Morgan fingerprint density at radius 2 is 1.79 bits per heavy atom. The molecule has 2 amide bonds. The summed E-state index contributed by atoms with van der Waals surface area (Å²) >= 11 is 0. The Morgan fingerprint density at radius 1 is 1.05 bits per heavy atom. The van der Waals surface area contributed by atoms with Gasteiger partial charge >= 0.3 is 0 Å². The summed E-state index contributed by atoms with van der Waals surface area (Å²) in [6, 6.07) is 6.96. The second kappa shape index (κ2) is 13.1.